The van der Waals surface area contributed by atoms with Gasteiger partial charge in [-0.1, -0.05) is 97.1 Å². The van der Waals surface area contributed by atoms with Crippen molar-refractivity contribution in [3.63, 3.8) is 0 Å². The minimum Gasteiger partial charge on any atom is -0.276 e. The average molecular weight is 595 g/mol. The van der Waals surface area contributed by atoms with Crippen LogP contribution in [0.1, 0.15) is 0 Å². The molecule has 4 aromatic heterocycles. The van der Waals surface area contributed by atoms with E-state index in [1.165, 1.54) is 36.3 Å². The largest absolute Gasteiger partial charge is 0.276 e. The summed E-state index contributed by atoms with van der Waals surface area (Å²) >= 11 is 1.82. The summed E-state index contributed by atoms with van der Waals surface area (Å²) in [5.41, 5.74) is 4.25. The maximum absolute atomic E-state index is 13.9. The molecule has 10 aromatic rings. The van der Waals surface area contributed by atoms with E-state index in [2.05, 4.69) is 77.4 Å². The van der Waals surface area contributed by atoms with Crippen molar-refractivity contribution >= 4 is 85.9 Å². The van der Waals surface area contributed by atoms with Gasteiger partial charge in [0, 0.05) is 42.7 Å². The van der Waals surface area contributed by atoms with E-state index in [9.17, 15) is 4.79 Å². The second kappa shape index (κ2) is 9.08. The Morgan fingerprint density at radius 2 is 1.16 bits per heavy atom. The van der Waals surface area contributed by atoms with Crippen LogP contribution in [0.3, 0.4) is 0 Å². The van der Waals surface area contributed by atoms with E-state index in [0.717, 1.165) is 33.0 Å². The molecule has 0 aliphatic heterocycles. The van der Waals surface area contributed by atoms with Crippen LogP contribution >= 0.6 is 11.3 Å². The first-order valence-corrected chi connectivity index (χ1v) is 15.7. The van der Waals surface area contributed by atoms with E-state index in [4.69, 9.17) is 9.97 Å². The molecule has 0 bridgehead atoms. The molecule has 0 N–H and O–H groups in total. The molecule has 0 aliphatic carbocycles. The highest BCUT2D eigenvalue weighted by atomic mass is 32.1. The minimum absolute atomic E-state index is 0.0871. The highest BCUT2D eigenvalue weighted by Crippen LogP contribution is 2.47. The van der Waals surface area contributed by atoms with Crippen LogP contribution in [0.2, 0.25) is 0 Å². The smallest absolute Gasteiger partial charge is 0.263 e. The standard InChI is InChI=1S/C39H22N4OS/c44-38-27-17-7-6-16-26(27)35-31(42(38)23-12-2-1-3-13-23)22-40-39(41-35)43-30-20-10-8-18-28(30)33-24-14-4-5-15-25(24)34-29-19-9-11-21-32(29)45-37(34)36(33)43/h1-22H. The van der Waals surface area contributed by atoms with Gasteiger partial charge in [0.05, 0.1) is 27.4 Å². The van der Waals surface area contributed by atoms with Crippen LogP contribution in [-0.2, 0) is 0 Å². The number of hydrogen-bond donors (Lipinski definition) is 0. The van der Waals surface area contributed by atoms with Crippen LogP contribution in [-0.4, -0.2) is 19.1 Å². The summed E-state index contributed by atoms with van der Waals surface area (Å²) in [5.74, 6) is 0.575. The zero-order valence-corrected chi connectivity index (χ0v) is 24.6. The quantitative estimate of drug-likeness (QED) is 0.187. The van der Waals surface area contributed by atoms with E-state index in [-0.39, 0.29) is 5.56 Å². The first-order valence-electron chi connectivity index (χ1n) is 14.9. The Morgan fingerprint density at radius 3 is 1.96 bits per heavy atom. The molecule has 45 heavy (non-hydrogen) atoms. The van der Waals surface area contributed by atoms with Crippen LogP contribution in [0.5, 0.6) is 0 Å². The molecule has 0 amide bonds. The number of para-hydroxylation sites is 2. The molecular weight excluding hydrogens is 573 g/mol. The number of pyridine rings is 1. The van der Waals surface area contributed by atoms with Crippen molar-refractivity contribution in [1.82, 2.24) is 19.1 Å². The lowest BCUT2D eigenvalue weighted by Crippen LogP contribution is -2.20. The highest BCUT2D eigenvalue weighted by Gasteiger charge is 2.23. The number of aromatic nitrogens is 4. The van der Waals surface area contributed by atoms with Crippen molar-refractivity contribution in [2.24, 2.45) is 0 Å². The molecule has 5 nitrogen and oxygen atoms in total. The molecule has 0 aliphatic rings. The molecule has 0 saturated carbocycles. The Kier molecular flexibility index (Phi) is 4.96. The van der Waals surface area contributed by atoms with Gasteiger partial charge in [0.1, 0.15) is 5.52 Å². The summed E-state index contributed by atoms with van der Waals surface area (Å²) in [7, 11) is 0. The van der Waals surface area contributed by atoms with Crippen molar-refractivity contribution in [1.29, 1.82) is 0 Å². The maximum atomic E-state index is 13.9. The lowest BCUT2D eigenvalue weighted by Gasteiger charge is -2.14. The van der Waals surface area contributed by atoms with E-state index in [0.29, 0.717) is 16.9 Å². The van der Waals surface area contributed by atoms with Crippen LogP contribution in [0.4, 0.5) is 0 Å². The monoisotopic (exact) mass is 594 g/mol. The highest BCUT2D eigenvalue weighted by molar-refractivity contribution is 7.27. The third-order valence-electron chi connectivity index (χ3n) is 8.98. The Labute approximate surface area is 259 Å². The maximum Gasteiger partial charge on any atom is 0.263 e. The predicted octanol–water partition coefficient (Wildman–Crippen LogP) is 9.55. The molecule has 6 aromatic carbocycles. The average Bonchev–Trinajstić information content (AvgIpc) is 3.66. The van der Waals surface area contributed by atoms with Gasteiger partial charge in [0.25, 0.3) is 5.56 Å². The molecule has 0 atom stereocenters. The fraction of sp³-hybridized carbons (Fsp3) is 0. The number of fused-ring (bicyclic) bond motifs is 13. The Balaban J connectivity index is 1.42. The van der Waals surface area contributed by atoms with Gasteiger partial charge < -0.3 is 0 Å². The van der Waals surface area contributed by atoms with Crippen LogP contribution in [0.15, 0.2) is 138 Å². The lowest BCUT2D eigenvalue weighted by atomic mass is 9.99. The minimum atomic E-state index is -0.0871. The zero-order chi connectivity index (χ0) is 29.6. The van der Waals surface area contributed by atoms with E-state index < -0.39 is 0 Å². The SMILES string of the molecule is O=c1c2ccccc2c2nc(-n3c4ccccc4c4c5ccccc5c5c6ccccc6sc5c43)ncc2n1-c1ccccc1. The Hall–Kier alpha value is -5.85. The Morgan fingerprint density at radius 1 is 0.533 bits per heavy atom. The lowest BCUT2D eigenvalue weighted by molar-refractivity contribution is 0.988. The fourth-order valence-electron chi connectivity index (χ4n) is 7.11. The summed E-state index contributed by atoms with van der Waals surface area (Å²) in [6.07, 6.45) is 1.81. The third kappa shape index (κ3) is 3.29. The molecule has 10 rings (SSSR count). The van der Waals surface area contributed by atoms with Crippen molar-refractivity contribution < 1.29 is 0 Å². The second-order valence-corrected chi connectivity index (χ2v) is 12.4. The normalized spacial score (nSPS) is 12.1. The van der Waals surface area contributed by atoms with Gasteiger partial charge in [-0.2, -0.15) is 0 Å². The number of benzene rings is 6. The number of rotatable bonds is 2. The number of thiophene rings is 1. The summed E-state index contributed by atoms with van der Waals surface area (Å²) in [4.78, 5) is 24.2. The first-order chi connectivity index (χ1) is 22.3. The molecule has 4 heterocycles. The van der Waals surface area contributed by atoms with Gasteiger partial charge in [-0.25, -0.2) is 9.97 Å². The summed E-state index contributed by atoms with van der Waals surface area (Å²) in [6.45, 7) is 0. The summed E-state index contributed by atoms with van der Waals surface area (Å²) in [5, 5.41) is 8.76. The van der Waals surface area contributed by atoms with Crippen molar-refractivity contribution in [2.45, 2.75) is 0 Å². The van der Waals surface area contributed by atoms with E-state index >= 15 is 0 Å². The molecule has 0 spiro atoms. The fourth-order valence-corrected chi connectivity index (χ4v) is 8.37. The number of nitrogens with zero attached hydrogens (tertiary/aromatic N) is 4. The van der Waals surface area contributed by atoms with E-state index in [1.54, 1.807) is 4.57 Å². The van der Waals surface area contributed by atoms with Gasteiger partial charge in [-0.3, -0.25) is 13.9 Å². The van der Waals surface area contributed by atoms with E-state index in [1.807, 2.05) is 72.1 Å². The second-order valence-electron chi connectivity index (χ2n) is 11.3. The van der Waals surface area contributed by atoms with Gasteiger partial charge >= 0.3 is 0 Å². The third-order valence-corrected chi connectivity index (χ3v) is 10.2. The molecule has 210 valence electrons. The van der Waals surface area contributed by atoms with Gasteiger partial charge in [0.2, 0.25) is 5.95 Å². The summed E-state index contributed by atoms with van der Waals surface area (Å²) < 4.78 is 6.41. The first kappa shape index (κ1) is 24.6. The summed E-state index contributed by atoms with van der Waals surface area (Å²) in [6, 6.07) is 43.3. The van der Waals surface area contributed by atoms with Gasteiger partial charge in [-0.15, -0.1) is 11.3 Å². The molecule has 0 fully saturated rings. The van der Waals surface area contributed by atoms with Crippen molar-refractivity contribution in [2.75, 3.05) is 0 Å². The number of hydrogen-bond acceptors (Lipinski definition) is 4. The molecule has 0 saturated heterocycles. The topological polar surface area (TPSA) is 52.7 Å². The zero-order valence-electron chi connectivity index (χ0n) is 23.8. The molecule has 0 radical (unpaired) electrons. The molecule has 0 unspecified atom stereocenters. The Bertz CT molecular complexity index is 2900. The van der Waals surface area contributed by atoms with Crippen molar-refractivity contribution in [3.8, 4) is 11.6 Å². The molecular formula is C39H22N4OS. The molecule has 6 heteroatoms. The predicted molar refractivity (Wildman–Crippen MR) is 187 cm³/mol. The van der Waals surface area contributed by atoms with Gasteiger partial charge in [0.15, 0.2) is 0 Å². The van der Waals surface area contributed by atoms with Crippen LogP contribution in [0.25, 0.3) is 86.2 Å². The van der Waals surface area contributed by atoms with Crippen LogP contribution < -0.4 is 5.56 Å². The van der Waals surface area contributed by atoms with Crippen LogP contribution in [0, 0.1) is 0 Å². The van der Waals surface area contributed by atoms with Gasteiger partial charge in [-0.05, 0) is 41.1 Å². The van der Waals surface area contributed by atoms with Crippen molar-refractivity contribution in [3.05, 3.63) is 144 Å².